The number of anilines is 2. The van der Waals surface area contributed by atoms with E-state index in [1.54, 1.807) is 0 Å². The van der Waals surface area contributed by atoms with Crippen LogP contribution in [0.4, 0.5) is 11.4 Å². The van der Waals surface area contributed by atoms with Gasteiger partial charge in [0.05, 0.1) is 6.04 Å². The molecule has 0 radical (unpaired) electrons. The number of nitrogens with zero attached hydrogens (tertiary/aromatic N) is 1. The minimum absolute atomic E-state index is 0.366. The molecule has 1 unspecified atom stereocenters. The van der Waals surface area contributed by atoms with E-state index >= 15 is 0 Å². The molecule has 0 saturated carbocycles. The Kier molecular flexibility index (Phi) is 5.68. The van der Waals surface area contributed by atoms with Crippen LogP contribution in [0.3, 0.4) is 0 Å². The van der Waals surface area contributed by atoms with Crippen molar-refractivity contribution in [3.05, 3.63) is 60.2 Å². The van der Waals surface area contributed by atoms with Crippen molar-refractivity contribution in [3.8, 4) is 0 Å². The van der Waals surface area contributed by atoms with Gasteiger partial charge >= 0.3 is 0 Å². The Bertz CT molecular complexity index is 515. The predicted octanol–water partition coefficient (Wildman–Crippen LogP) is 5.10. The molecule has 0 amide bonds. The maximum atomic E-state index is 3.63. The molecule has 0 saturated heterocycles. The summed E-state index contributed by atoms with van der Waals surface area (Å²) in [5, 5.41) is 3.63. The van der Waals surface area contributed by atoms with Crippen LogP contribution in [-0.4, -0.2) is 13.1 Å². The van der Waals surface area contributed by atoms with Crippen molar-refractivity contribution >= 4 is 11.4 Å². The highest BCUT2D eigenvalue weighted by atomic mass is 15.1. The van der Waals surface area contributed by atoms with Gasteiger partial charge in [-0.1, -0.05) is 37.3 Å². The van der Waals surface area contributed by atoms with Gasteiger partial charge < -0.3 is 10.2 Å². The lowest BCUT2D eigenvalue weighted by molar-refractivity contribution is 0.749. The molecule has 112 valence electrons. The molecule has 1 atom stereocenters. The van der Waals surface area contributed by atoms with Crippen LogP contribution >= 0.6 is 0 Å². The van der Waals surface area contributed by atoms with Crippen molar-refractivity contribution in [1.82, 2.24) is 0 Å². The molecule has 2 aromatic rings. The maximum absolute atomic E-state index is 3.63. The second kappa shape index (κ2) is 7.72. The van der Waals surface area contributed by atoms with Gasteiger partial charge in [0.1, 0.15) is 0 Å². The van der Waals surface area contributed by atoms with Crippen LogP contribution in [0.25, 0.3) is 0 Å². The van der Waals surface area contributed by atoms with E-state index in [1.165, 1.54) is 16.9 Å². The number of hydrogen-bond donors (Lipinski definition) is 1. The second-order valence-corrected chi connectivity index (χ2v) is 5.24. The third-order valence-electron chi connectivity index (χ3n) is 3.95. The monoisotopic (exact) mass is 282 g/mol. The lowest BCUT2D eigenvalue weighted by Crippen LogP contribution is -2.21. The molecule has 2 heteroatoms. The normalized spacial score (nSPS) is 12.0. The fourth-order valence-corrected chi connectivity index (χ4v) is 2.66. The zero-order chi connectivity index (χ0) is 15.1. The number of hydrogen-bond acceptors (Lipinski definition) is 2. The van der Waals surface area contributed by atoms with Gasteiger partial charge in [-0.25, -0.2) is 0 Å². The van der Waals surface area contributed by atoms with Gasteiger partial charge in [-0.05, 0) is 50.1 Å². The van der Waals surface area contributed by atoms with Crippen molar-refractivity contribution in [2.75, 3.05) is 23.3 Å². The van der Waals surface area contributed by atoms with E-state index < -0.39 is 0 Å². The van der Waals surface area contributed by atoms with Crippen molar-refractivity contribution in [3.63, 3.8) is 0 Å². The molecule has 2 nitrogen and oxygen atoms in total. The summed E-state index contributed by atoms with van der Waals surface area (Å²) in [5.41, 5.74) is 3.81. The zero-order valence-electron chi connectivity index (χ0n) is 13.3. The van der Waals surface area contributed by atoms with Crippen molar-refractivity contribution in [1.29, 1.82) is 0 Å². The summed E-state index contributed by atoms with van der Waals surface area (Å²) >= 11 is 0. The lowest BCUT2D eigenvalue weighted by atomic mass is 10.0. The first-order valence-electron chi connectivity index (χ1n) is 7.95. The molecule has 0 spiro atoms. The summed E-state index contributed by atoms with van der Waals surface area (Å²) < 4.78 is 0. The molecule has 2 rings (SSSR count). The molecule has 0 fully saturated rings. The largest absolute Gasteiger partial charge is 0.378 e. The molecular weight excluding hydrogens is 256 g/mol. The Morgan fingerprint density at radius 1 is 0.857 bits per heavy atom. The third kappa shape index (κ3) is 4.01. The summed E-state index contributed by atoms with van der Waals surface area (Å²) in [4.78, 5) is 2.36. The Morgan fingerprint density at radius 3 is 2.00 bits per heavy atom. The minimum Gasteiger partial charge on any atom is -0.378 e. The van der Waals surface area contributed by atoms with Crippen LogP contribution in [0, 0.1) is 0 Å². The molecule has 1 N–H and O–H groups in total. The van der Waals surface area contributed by atoms with E-state index in [1.807, 2.05) is 0 Å². The smallest absolute Gasteiger partial charge is 0.0511 e. The molecule has 0 heterocycles. The molecule has 0 aliphatic rings. The Morgan fingerprint density at radius 2 is 1.48 bits per heavy atom. The highest BCUT2D eigenvalue weighted by Gasteiger charge is 2.08. The molecule has 2 aromatic carbocycles. The average molecular weight is 282 g/mol. The van der Waals surface area contributed by atoms with E-state index in [0.717, 1.165) is 19.5 Å². The fraction of sp³-hybridized carbons (Fsp3) is 0.368. The highest BCUT2D eigenvalue weighted by molar-refractivity contribution is 5.55. The molecule has 0 aliphatic heterocycles. The quantitative estimate of drug-likeness (QED) is 0.760. The zero-order valence-corrected chi connectivity index (χ0v) is 13.3. The van der Waals surface area contributed by atoms with Crippen molar-refractivity contribution in [2.24, 2.45) is 0 Å². The number of rotatable bonds is 7. The van der Waals surface area contributed by atoms with Crippen LogP contribution in [0.15, 0.2) is 54.6 Å². The van der Waals surface area contributed by atoms with Crippen LogP contribution in [0.2, 0.25) is 0 Å². The first kappa shape index (κ1) is 15.4. The molecule has 0 bridgehead atoms. The van der Waals surface area contributed by atoms with Gasteiger partial charge in [0.25, 0.3) is 0 Å². The summed E-state index contributed by atoms with van der Waals surface area (Å²) in [6.45, 7) is 8.70. The third-order valence-corrected chi connectivity index (χ3v) is 3.95. The van der Waals surface area contributed by atoms with E-state index in [2.05, 4.69) is 85.6 Å². The first-order chi connectivity index (χ1) is 10.3. The van der Waals surface area contributed by atoms with E-state index in [9.17, 15) is 0 Å². The molecule has 0 aromatic heterocycles. The maximum Gasteiger partial charge on any atom is 0.0511 e. The Labute approximate surface area is 128 Å². The van der Waals surface area contributed by atoms with Crippen LogP contribution in [0.5, 0.6) is 0 Å². The first-order valence-corrected chi connectivity index (χ1v) is 7.95. The molecule has 0 aliphatic carbocycles. The average Bonchev–Trinajstić information content (AvgIpc) is 2.56. The highest BCUT2D eigenvalue weighted by Crippen LogP contribution is 2.24. The summed E-state index contributed by atoms with van der Waals surface area (Å²) in [5.74, 6) is 0. The lowest BCUT2D eigenvalue weighted by Gasteiger charge is -2.22. The van der Waals surface area contributed by atoms with Gasteiger partial charge in [0, 0.05) is 24.5 Å². The van der Waals surface area contributed by atoms with E-state index in [-0.39, 0.29) is 0 Å². The minimum atomic E-state index is 0.366. The van der Waals surface area contributed by atoms with Crippen LogP contribution in [0.1, 0.15) is 38.8 Å². The Hall–Kier alpha value is -1.96. The number of nitrogens with one attached hydrogen (secondary N) is 1. The van der Waals surface area contributed by atoms with Crippen molar-refractivity contribution < 1.29 is 0 Å². The summed E-state index contributed by atoms with van der Waals surface area (Å²) in [7, 11) is 0. The summed E-state index contributed by atoms with van der Waals surface area (Å²) in [6.07, 6.45) is 1.07. The van der Waals surface area contributed by atoms with E-state index in [0.29, 0.717) is 6.04 Å². The van der Waals surface area contributed by atoms with Crippen LogP contribution in [-0.2, 0) is 0 Å². The van der Waals surface area contributed by atoms with Crippen molar-refractivity contribution in [2.45, 2.75) is 33.2 Å². The summed E-state index contributed by atoms with van der Waals surface area (Å²) in [6, 6.07) is 19.8. The van der Waals surface area contributed by atoms with Gasteiger partial charge in [0.2, 0.25) is 0 Å². The van der Waals surface area contributed by atoms with Crippen LogP contribution < -0.4 is 10.2 Å². The second-order valence-electron chi connectivity index (χ2n) is 5.24. The van der Waals surface area contributed by atoms with Gasteiger partial charge in [-0.3, -0.25) is 0 Å². The number of benzene rings is 2. The SMILES string of the molecule is CCC(Nc1ccc(N(CC)CC)cc1)c1ccccc1. The molecule has 21 heavy (non-hydrogen) atoms. The molecular formula is C19H26N2. The van der Waals surface area contributed by atoms with Gasteiger partial charge in [-0.15, -0.1) is 0 Å². The Balaban J connectivity index is 2.08. The van der Waals surface area contributed by atoms with Gasteiger partial charge in [0.15, 0.2) is 0 Å². The van der Waals surface area contributed by atoms with Gasteiger partial charge in [-0.2, -0.15) is 0 Å². The standard InChI is InChI=1S/C19H26N2/c1-4-19(16-10-8-7-9-11-16)20-17-12-14-18(15-13-17)21(5-2)6-3/h7-15,19-20H,4-6H2,1-3H3. The predicted molar refractivity (Wildman–Crippen MR) is 93.1 cm³/mol. The van der Waals surface area contributed by atoms with E-state index in [4.69, 9.17) is 0 Å². The topological polar surface area (TPSA) is 15.3 Å². The fourth-order valence-electron chi connectivity index (χ4n) is 2.66.